The van der Waals surface area contributed by atoms with Crippen LogP contribution in [0.4, 0.5) is 5.69 Å². The standard InChI is InChI=1S/C24H25N5O2S/c1-4-28(5-2)18-11-9-17(10-12-18)14-20-22(25)29-24(26-23(20)30)32-21(27-29)15-31-19-8-6-7-16(3)13-19/h6-14,25H,4-5,15H2,1-3H3/b20-14-,25-22?. The van der Waals surface area contributed by atoms with E-state index in [4.69, 9.17) is 10.1 Å². The van der Waals surface area contributed by atoms with Crippen LogP contribution in [0.1, 0.15) is 25.0 Å². The van der Waals surface area contributed by atoms with E-state index in [1.165, 1.54) is 16.8 Å². The summed E-state index contributed by atoms with van der Waals surface area (Å²) in [4.78, 5) is 19.0. The first-order chi connectivity index (χ1) is 15.5. The molecule has 0 atom stereocenters. The molecular formula is C24H25N5O2S. The van der Waals surface area contributed by atoms with Crippen LogP contribution in [0.25, 0.3) is 6.08 Å². The number of hydrazone groups is 1. The summed E-state index contributed by atoms with van der Waals surface area (Å²) in [7, 11) is 0. The fraction of sp³-hybridized carbons (Fsp3) is 0.250. The van der Waals surface area contributed by atoms with Gasteiger partial charge in [0, 0.05) is 18.8 Å². The van der Waals surface area contributed by atoms with Crippen molar-refractivity contribution in [3.63, 3.8) is 0 Å². The maximum absolute atomic E-state index is 12.6. The number of hydrogen-bond acceptors (Lipinski definition) is 6. The van der Waals surface area contributed by atoms with Crippen molar-refractivity contribution in [3.8, 4) is 5.75 Å². The highest BCUT2D eigenvalue weighted by Crippen LogP contribution is 2.29. The van der Waals surface area contributed by atoms with E-state index in [-0.39, 0.29) is 18.0 Å². The van der Waals surface area contributed by atoms with Crippen molar-refractivity contribution in [2.45, 2.75) is 20.8 Å². The average molecular weight is 448 g/mol. The van der Waals surface area contributed by atoms with Crippen LogP contribution in [0.3, 0.4) is 0 Å². The van der Waals surface area contributed by atoms with E-state index in [2.05, 4.69) is 28.8 Å². The molecule has 2 aliphatic heterocycles. The lowest BCUT2D eigenvalue weighted by Crippen LogP contribution is -2.35. The molecule has 0 fully saturated rings. The highest BCUT2D eigenvalue weighted by Gasteiger charge is 2.35. The second-order valence-electron chi connectivity index (χ2n) is 7.38. The van der Waals surface area contributed by atoms with E-state index in [0.717, 1.165) is 35.7 Å². The molecule has 2 aliphatic rings. The van der Waals surface area contributed by atoms with Gasteiger partial charge in [-0.25, -0.2) is 0 Å². The van der Waals surface area contributed by atoms with Gasteiger partial charge < -0.3 is 9.64 Å². The van der Waals surface area contributed by atoms with Crippen molar-refractivity contribution >= 4 is 45.5 Å². The second-order valence-corrected chi connectivity index (χ2v) is 8.42. The van der Waals surface area contributed by atoms with Gasteiger partial charge in [-0.1, -0.05) is 24.3 Å². The molecule has 0 radical (unpaired) electrons. The van der Waals surface area contributed by atoms with Crippen molar-refractivity contribution < 1.29 is 9.53 Å². The molecule has 1 amide bonds. The van der Waals surface area contributed by atoms with Crippen molar-refractivity contribution in [3.05, 3.63) is 65.2 Å². The minimum Gasteiger partial charge on any atom is -0.487 e. The predicted octanol–water partition coefficient (Wildman–Crippen LogP) is 4.54. The van der Waals surface area contributed by atoms with E-state index in [1.807, 2.05) is 55.5 Å². The van der Waals surface area contributed by atoms with Gasteiger partial charge in [-0.15, -0.1) is 0 Å². The first-order valence-electron chi connectivity index (χ1n) is 10.5. The molecule has 1 N–H and O–H groups in total. The SMILES string of the molecule is CCN(CC)c1ccc(/C=C2/C(=N)N3N=C(COc4cccc(C)c4)SC3=NC2=O)cc1. The van der Waals surface area contributed by atoms with Crippen LogP contribution in [0.5, 0.6) is 5.75 Å². The molecule has 0 saturated carbocycles. The molecule has 0 unspecified atom stereocenters. The maximum atomic E-state index is 12.6. The number of fused-ring (bicyclic) bond motifs is 1. The molecule has 7 nitrogen and oxygen atoms in total. The largest absolute Gasteiger partial charge is 0.487 e. The molecule has 164 valence electrons. The fourth-order valence-electron chi connectivity index (χ4n) is 3.48. The molecule has 0 aromatic heterocycles. The normalized spacial score (nSPS) is 16.7. The van der Waals surface area contributed by atoms with E-state index in [0.29, 0.717) is 10.2 Å². The number of aliphatic imine (C=N–C) groups is 1. The number of amidine groups is 2. The molecule has 0 spiro atoms. The third kappa shape index (κ3) is 4.60. The number of aryl methyl sites for hydroxylation is 1. The van der Waals surface area contributed by atoms with Gasteiger partial charge >= 0.3 is 0 Å². The minimum atomic E-state index is -0.433. The summed E-state index contributed by atoms with van der Waals surface area (Å²) in [6, 6.07) is 15.7. The van der Waals surface area contributed by atoms with Gasteiger partial charge in [0.25, 0.3) is 5.91 Å². The minimum absolute atomic E-state index is 0.0193. The van der Waals surface area contributed by atoms with Crippen molar-refractivity contribution in [2.24, 2.45) is 10.1 Å². The number of carbonyl (C=O) groups is 1. The van der Waals surface area contributed by atoms with Gasteiger partial charge in [-0.05, 0) is 74.0 Å². The van der Waals surface area contributed by atoms with Gasteiger partial charge in [0.1, 0.15) is 17.4 Å². The Balaban J connectivity index is 1.49. The van der Waals surface area contributed by atoms with E-state index in [1.54, 1.807) is 6.08 Å². The molecule has 0 saturated heterocycles. The summed E-state index contributed by atoms with van der Waals surface area (Å²) >= 11 is 1.25. The Morgan fingerprint density at radius 3 is 2.59 bits per heavy atom. The number of benzene rings is 2. The molecular weight excluding hydrogens is 422 g/mol. The van der Waals surface area contributed by atoms with Crippen molar-refractivity contribution in [1.82, 2.24) is 5.01 Å². The fourth-order valence-corrected chi connectivity index (χ4v) is 4.28. The van der Waals surface area contributed by atoms with Crippen LogP contribution in [-0.2, 0) is 4.79 Å². The summed E-state index contributed by atoms with van der Waals surface area (Å²) < 4.78 is 5.80. The molecule has 8 heteroatoms. The smallest absolute Gasteiger partial charge is 0.283 e. The number of ether oxygens (including phenoxy) is 1. The molecule has 0 aliphatic carbocycles. The Morgan fingerprint density at radius 1 is 1.16 bits per heavy atom. The number of thioether (sulfide) groups is 1. The molecule has 32 heavy (non-hydrogen) atoms. The highest BCUT2D eigenvalue weighted by molar-refractivity contribution is 8.27. The van der Waals surface area contributed by atoms with E-state index in [9.17, 15) is 4.79 Å². The van der Waals surface area contributed by atoms with Crippen molar-refractivity contribution in [2.75, 3.05) is 24.6 Å². The van der Waals surface area contributed by atoms with E-state index >= 15 is 0 Å². The summed E-state index contributed by atoms with van der Waals surface area (Å²) in [5, 5.41) is 15.4. The third-order valence-corrected chi connectivity index (χ3v) is 6.06. The third-order valence-electron chi connectivity index (χ3n) is 5.18. The Kier molecular flexibility index (Phi) is 6.41. The number of anilines is 1. The first-order valence-corrected chi connectivity index (χ1v) is 11.3. The van der Waals surface area contributed by atoms with Crippen LogP contribution in [0.2, 0.25) is 0 Å². The Bertz CT molecular complexity index is 1130. The Hall–Kier alpha value is -3.39. The number of amides is 1. The molecule has 2 aromatic carbocycles. The van der Waals surface area contributed by atoms with Crippen molar-refractivity contribution in [1.29, 1.82) is 5.41 Å². The molecule has 2 aromatic rings. The first kappa shape index (κ1) is 21.8. The summed E-state index contributed by atoms with van der Waals surface area (Å²) in [6.45, 7) is 8.34. The number of nitrogens with zero attached hydrogens (tertiary/aromatic N) is 4. The number of nitrogens with one attached hydrogen (secondary N) is 1. The lowest BCUT2D eigenvalue weighted by molar-refractivity contribution is -0.114. The van der Waals surface area contributed by atoms with Crippen LogP contribution >= 0.6 is 11.8 Å². The Morgan fingerprint density at radius 2 is 1.91 bits per heavy atom. The van der Waals surface area contributed by atoms with Crippen LogP contribution in [0.15, 0.2) is 64.2 Å². The zero-order valence-electron chi connectivity index (χ0n) is 18.3. The molecule has 0 bridgehead atoms. The van der Waals surface area contributed by atoms with Crippen LogP contribution in [0, 0.1) is 12.3 Å². The number of rotatable bonds is 7. The zero-order valence-corrected chi connectivity index (χ0v) is 19.1. The van der Waals surface area contributed by atoms with Gasteiger partial charge in [0.2, 0.25) is 5.17 Å². The Labute approximate surface area is 192 Å². The molecule has 4 rings (SSSR count). The lowest BCUT2D eigenvalue weighted by Gasteiger charge is -2.21. The van der Waals surface area contributed by atoms with Gasteiger partial charge in [-0.2, -0.15) is 15.1 Å². The summed E-state index contributed by atoms with van der Waals surface area (Å²) in [6.07, 6.45) is 1.69. The predicted molar refractivity (Wildman–Crippen MR) is 132 cm³/mol. The highest BCUT2D eigenvalue weighted by atomic mass is 32.2. The van der Waals surface area contributed by atoms with Gasteiger partial charge in [-0.3, -0.25) is 10.2 Å². The van der Waals surface area contributed by atoms with Crippen LogP contribution < -0.4 is 9.64 Å². The van der Waals surface area contributed by atoms with Gasteiger partial charge in [0.05, 0.1) is 5.57 Å². The summed E-state index contributed by atoms with van der Waals surface area (Å²) in [5.41, 5.74) is 3.29. The summed E-state index contributed by atoms with van der Waals surface area (Å²) in [5.74, 6) is 0.337. The quantitative estimate of drug-likeness (QED) is 0.630. The molecule has 2 heterocycles. The van der Waals surface area contributed by atoms with Gasteiger partial charge in [0.15, 0.2) is 5.84 Å². The monoisotopic (exact) mass is 447 g/mol. The lowest BCUT2D eigenvalue weighted by atomic mass is 10.1. The number of carbonyl (C=O) groups excluding carboxylic acids is 1. The zero-order chi connectivity index (χ0) is 22.7. The topological polar surface area (TPSA) is 81.3 Å². The van der Waals surface area contributed by atoms with E-state index < -0.39 is 5.91 Å². The average Bonchev–Trinajstić information content (AvgIpc) is 3.20. The second kappa shape index (κ2) is 9.40. The number of hydrogen-bond donors (Lipinski definition) is 1. The maximum Gasteiger partial charge on any atom is 0.283 e. The van der Waals surface area contributed by atoms with Crippen LogP contribution in [-0.4, -0.2) is 46.7 Å².